The van der Waals surface area contributed by atoms with E-state index in [1.54, 1.807) is 42.3 Å². The van der Waals surface area contributed by atoms with Crippen molar-refractivity contribution in [3.05, 3.63) is 53.3 Å². The van der Waals surface area contributed by atoms with Gasteiger partial charge >= 0.3 is 0 Å². The zero-order valence-electron chi connectivity index (χ0n) is 14.3. The number of amides is 2. The number of nitrogens with one attached hydrogen (secondary N) is 2. The lowest BCUT2D eigenvalue weighted by Gasteiger charge is -2.15. The molecule has 27 heavy (non-hydrogen) atoms. The van der Waals surface area contributed by atoms with Gasteiger partial charge < -0.3 is 10.6 Å². The standard InChI is InChI=1S/C18H16ClFN4O2S/c1-24(9-16(25)21-13-4-2-3-11(19)7-13)10-17(26)23-18-22-14-6-5-12(20)8-15(14)27-18/h2-8H,9-10H2,1H3,(H,21,25)(H,22,23,26). The minimum absolute atomic E-state index is 0.00719. The van der Waals surface area contributed by atoms with Gasteiger partial charge in [0.15, 0.2) is 5.13 Å². The Morgan fingerprint density at radius 3 is 2.63 bits per heavy atom. The first-order valence-electron chi connectivity index (χ1n) is 7.99. The number of thiazole rings is 1. The molecule has 0 saturated heterocycles. The van der Waals surface area contributed by atoms with Crippen molar-refractivity contribution in [1.29, 1.82) is 0 Å². The van der Waals surface area contributed by atoms with Crippen LogP contribution in [0.25, 0.3) is 10.2 Å². The quantitative estimate of drug-likeness (QED) is 0.656. The summed E-state index contributed by atoms with van der Waals surface area (Å²) >= 11 is 7.07. The molecule has 2 N–H and O–H groups in total. The van der Waals surface area contributed by atoms with Crippen molar-refractivity contribution < 1.29 is 14.0 Å². The molecule has 1 aromatic heterocycles. The molecular weight excluding hydrogens is 391 g/mol. The van der Waals surface area contributed by atoms with Crippen molar-refractivity contribution in [2.75, 3.05) is 30.8 Å². The first kappa shape index (κ1) is 19.2. The number of rotatable bonds is 6. The van der Waals surface area contributed by atoms with Gasteiger partial charge in [-0.25, -0.2) is 9.37 Å². The van der Waals surface area contributed by atoms with E-state index in [1.807, 2.05) is 0 Å². The van der Waals surface area contributed by atoms with Crippen LogP contribution in [0.5, 0.6) is 0 Å². The molecule has 0 aliphatic rings. The second-order valence-corrected chi connectivity index (χ2v) is 7.38. The number of aromatic nitrogens is 1. The van der Waals surface area contributed by atoms with Gasteiger partial charge in [0.1, 0.15) is 5.82 Å². The fraction of sp³-hybridized carbons (Fsp3) is 0.167. The van der Waals surface area contributed by atoms with Gasteiger partial charge in [-0.1, -0.05) is 29.0 Å². The monoisotopic (exact) mass is 406 g/mol. The van der Waals surface area contributed by atoms with Gasteiger partial charge in [-0.05, 0) is 43.4 Å². The highest BCUT2D eigenvalue weighted by atomic mass is 35.5. The van der Waals surface area contributed by atoms with E-state index in [0.29, 0.717) is 26.1 Å². The van der Waals surface area contributed by atoms with E-state index in [-0.39, 0.29) is 30.7 Å². The predicted molar refractivity (Wildman–Crippen MR) is 106 cm³/mol. The highest BCUT2D eigenvalue weighted by Gasteiger charge is 2.13. The molecule has 3 aromatic rings. The molecule has 1 heterocycles. The van der Waals surface area contributed by atoms with E-state index in [2.05, 4.69) is 15.6 Å². The fourth-order valence-corrected chi connectivity index (χ4v) is 3.52. The Balaban J connectivity index is 1.51. The third-order valence-corrected chi connectivity index (χ3v) is 4.70. The van der Waals surface area contributed by atoms with Gasteiger partial charge in [0.2, 0.25) is 11.8 Å². The topological polar surface area (TPSA) is 74.3 Å². The summed E-state index contributed by atoms with van der Waals surface area (Å²) < 4.78 is 13.9. The molecule has 0 radical (unpaired) electrons. The normalized spacial score (nSPS) is 11.0. The molecule has 9 heteroatoms. The zero-order chi connectivity index (χ0) is 19.4. The highest BCUT2D eigenvalue weighted by Crippen LogP contribution is 2.26. The Labute approximate surface area is 164 Å². The Hall–Kier alpha value is -2.55. The van der Waals surface area contributed by atoms with E-state index >= 15 is 0 Å². The Morgan fingerprint density at radius 1 is 1.15 bits per heavy atom. The van der Waals surface area contributed by atoms with Crippen molar-refractivity contribution >= 4 is 55.8 Å². The Kier molecular flexibility index (Phi) is 6.00. The number of carbonyl (C=O) groups is 2. The minimum atomic E-state index is -0.352. The largest absolute Gasteiger partial charge is 0.325 e. The molecule has 0 fully saturated rings. The van der Waals surface area contributed by atoms with Gasteiger partial charge in [0.25, 0.3) is 0 Å². The summed E-state index contributed by atoms with van der Waals surface area (Å²) in [6.45, 7) is 0.0399. The van der Waals surface area contributed by atoms with Crippen LogP contribution in [0.2, 0.25) is 5.02 Å². The lowest BCUT2D eigenvalue weighted by atomic mass is 10.3. The lowest BCUT2D eigenvalue weighted by Crippen LogP contribution is -2.36. The Bertz CT molecular complexity index is 994. The summed E-state index contributed by atoms with van der Waals surface area (Å²) in [7, 11) is 1.66. The molecule has 0 aliphatic heterocycles. The third-order valence-electron chi connectivity index (χ3n) is 3.53. The summed E-state index contributed by atoms with van der Waals surface area (Å²) in [6, 6.07) is 11.1. The van der Waals surface area contributed by atoms with Crippen LogP contribution in [-0.4, -0.2) is 41.8 Å². The molecule has 0 unspecified atom stereocenters. The molecule has 6 nitrogen and oxygen atoms in total. The average molecular weight is 407 g/mol. The van der Waals surface area contributed by atoms with Gasteiger partial charge in [-0.15, -0.1) is 0 Å². The second-order valence-electron chi connectivity index (χ2n) is 5.91. The maximum atomic E-state index is 13.2. The van der Waals surface area contributed by atoms with E-state index < -0.39 is 0 Å². The SMILES string of the molecule is CN(CC(=O)Nc1cccc(Cl)c1)CC(=O)Nc1nc2ccc(F)cc2s1. The number of anilines is 2. The van der Waals surface area contributed by atoms with Crippen molar-refractivity contribution in [3.63, 3.8) is 0 Å². The number of fused-ring (bicyclic) bond motifs is 1. The van der Waals surface area contributed by atoms with Crippen LogP contribution in [0.3, 0.4) is 0 Å². The number of nitrogens with zero attached hydrogens (tertiary/aromatic N) is 2. The summed E-state index contributed by atoms with van der Waals surface area (Å²) in [5.74, 6) is -0.926. The molecule has 3 rings (SSSR count). The van der Waals surface area contributed by atoms with Crippen LogP contribution >= 0.6 is 22.9 Å². The zero-order valence-corrected chi connectivity index (χ0v) is 15.9. The molecule has 0 spiro atoms. The maximum absolute atomic E-state index is 13.2. The van der Waals surface area contributed by atoms with E-state index in [4.69, 9.17) is 11.6 Å². The lowest BCUT2D eigenvalue weighted by molar-refractivity contribution is -0.119. The van der Waals surface area contributed by atoms with Crippen molar-refractivity contribution in [2.45, 2.75) is 0 Å². The summed E-state index contributed by atoms with van der Waals surface area (Å²) in [4.78, 5) is 30.0. The van der Waals surface area contributed by atoms with Crippen LogP contribution in [0, 0.1) is 5.82 Å². The van der Waals surface area contributed by atoms with Gasteiger partial charge in [-0.2, -0.15) is 0 Å². The summed E-state index contributed by atoms with van der Waals surface area (Å²) in [5, 5.41) is 6.30. The second kappa shape index (κ2) is 8.43. The van der Waals surface area contributed by atoms with Crippen LogP contribution in [-0.2, 0) is 9.59 Å². The smallest absolute Gasteiger partial charge is 0.240 e. The van der Waals surface area contributed by atoms with E-state index in [1.165, 1.54) is 23.5 Å². The molecule has 140 valence electrons. The number of carbonyl (C=O) groups excluding carboxylic acids is 2. The molecular formula is C18H16ClFN4O2S. The molecule has 0 aliphatic carbocycles. The Morgan fingerprint density at radius 2 is 1.89 bits per heavy atom. The fourth-order valence-electron chi connectivity index (χ4n) is 2.42. The summed E-state index contributed by atoms with van der Waals surface area (Å²) in [6.07, 6.45) is 0. The first-order valence-corrected chi connectivity index (χ1v) is 9.18. The molecule has 2 aromatic carbocycles. The van der Waals surface area contributed by atoms with Crippen molar-refractivity contribution in [1.82, 2.24) is 9.88 Å². The van der Waals surface area contributed by atoms with Gasteiger partial charge in [0, 0.05) is 10.7 Å². The van der Waals surface area contributed by atoms with Crippen LogP contribution in [0.4, 0.5) is 15.2 Å². The van der Waals surface area contributed by atoms with Crippen LogP contribution in [0.15, 0.2) is 42.5 Å². The number of hydrogen-bond donors (Lipinski definition) is 2. The molecule has 0 atom stereocenters. The van der Waals surface area contributed by atoms with Crippen LogP contribution in [0.1, 0.15) is 0 Å². The molecule has 2 amide bonds. The molecule has 0 bridgehead atoms. The highest BCUT2D eigenvalue weighted by molar-refractivity contribution is 7.22. The summed E-state index contributed by atoms with van der Waals surface area (Å²) in [5.41, 5.74) is 1.21. The average Bonchev–Trinajstić information content (AvgIpc) is 2.95. The number of halogens is 2. The predicted octanol–water partition coefficient (Wildman–Crippen LogP) is 3.60. The molecule has 0 saturated carbocycles. The van der Waals surface area contributed by atoms with Crippen LogP contribution < -0.4 is 10.6 Å². The van der Waals surface area contributed by atoms with Crippen molar-refractivity contribution in [3.8, 4) is 0 Å². The maximum Gasteiger partial charge on any atom is 0.240 e. The van der Waals surface area contributed by atoms with Gasteiger partial charge in [-0.3, -0.25) is 14.5 Å². The minimum Gasteiger partial charge on any atom is -0.325 e. The van der Waals surface area contributed by atoms with Crippen molar-refractivity contribution in [2.24, 2.45) is 0 Å². The van der Waals surface area contributed by atoms with E-state index in [9.17, 15) is 14.0 Å². The first-order chi connectivity index (χ1) is 12.9. The number of benzene rings is 2. The van der Waals surface area contributed by atoms with Gasteiger partial charge in [0.05, 0.1) is 23.3 Å². The number of hydrogen-bond acceptors (Lipinski definition) is 5. The third kappa shape index (κ3) is 5.46. The number of likely N-dealkylation sites (N-methyl/N-ethyl adjacent to an activating group) is 1. The van der Waals surface area contributed by atoms with E-state index in [0.717, 1.165) is 0 Å².